The van der Waals surface area contributed by atoms with E-state index in [0.29, 0.717) is 17.9 Å². The number of aryl methyl sites for hydroxylation is 1. The standard InChI is InChI=1S/C24H22BrNO3/c1-15-7-9-19(10-8-15)26-23(27)13-17-12-21(28-2)22(29-3)14-20(17)24(26)16-5-4-6-18(25)11-16/h4-12,14,24H,13H2,1-3H3. The summed E-state index contributed by atoms with van der Waals surface area (Å²) in [5.41, 5.74) is 5.07. The van der Waals surface area contributed by atoms with Gasteiger partial charge < -0.3 is 14.4 Å². The lowest BCUT2D eigenvalue weighted by molar-refractivity contribution is -0.118. The van der Waals surface area contributed by atoms with Gasteiger partial charge in [-0.3, -0.25) is 4.79 Å². The van der Waals surface area contributed by atoms with Crippen molar-refractivity contribution in [3.05, 3.63) is 87.4 Å². The summed E-state index contributed by atoms with van der Waals surface area (Å²) in [6.07, 6.45) is 0.314. The van der Waals surface area contributed by atoms with E-state index in [4.69, 9.17) is 9.47 Å². The van der Waals surface area contributed by atoms with Crippen LogP contribution in [0.15, 0.2) is 65.1 Å². The molecule has 148 valence electrons. The average Bonchev–Trinajstić information content (AvgIpc) is 2.72. The van der Waals surface area contributed by atoms with E-state index in [2.05, 4.69) is 28.1 Å². The molecule has 4 nitrogen and oxygen atoms in total. The van der Waals surface area contributed by atoms with E-state index < -0.39 is 0 Å². The number of carbonyl (C=O) groups is 1. The van der Waals surface area contributed by atoms with Crippen molar-refractivity contribution in [2.45, 2.75) is 19.4 Å². The largest absolute Gasteiger partial charge is 0.493 e. The molecule has 3 aromatic rings. The molecule has 1 amide bonds. The SMILES string of the molecule is COc1cc2c(cc1OC)C(c1cccc(Br)c1)N(c1ccc(C)cc1)C(=O)C2. The number of ether oxygens (including phenoxy) is 2. The molecule has 0 saturated carbocycles. The van der Waals surface area contributed by atoms with E-state index in [1.165, 1.54) is 0 Å². The van der Waals surface area contributed by atoms with Crippen LogP contribution in [0.1, 0.15) is 28.3 Å². The van der Waals surface area contributed by atoms with Gasteiger partial charge in [0.25, 0.3) is 0 Å². The molecule has 0 fully saturated rings. The first-order valence-corrected chi connectivity index (χ1v) is 10.2. The second-order valence-corrected chi connectivity index (χ2v) is 8.06. The van der Waals surface area contributed by atoms with Crippen LogP contribution in [0.25, 0.3) is 0 Å². The van der Waals surface area contributed by atoms with Crippen LogP contribution in [-0.2, 0) is 11.2 Å². The summed E-state index contributed by atoms with van der Waals surface area (Å²) in [4.78, 5) is 15.2. The van der Waals surface area contributed by atoms with Gasteiger partial charge in [-0.05, 0) is 60.0 Å². The van der Waals surface area contributed by atoms with E-state index >= 15 is 0 Å². The molecule has 1 aliphatic rings. The number of rotatable bonds is 4. The number of anilines is 1. The molecule has 0 radical (unpaired) electrons. The Morgan fingerprint density at radius 1 is 0.966 bits per heavy atom. The summed E-state index contributed by atoms with van der Waals surface area (Å²) >= 11 is 3.57. The maximum absolute atomic E-state index is 13.3. The fraction of sp³-hybridized carbons (Fsp3) is 0.208. The van der Waals surface area contributed by atoms with Crippen molar-refractivity contribution in [2.75, 3.05) is 19.1 Å². The fourth-order valence-electron chi connectivity index (χ4n) is 3.88. The van der Waals surface area contributed by atoms with Crippen molar-refractivity contribution in [3.8, 4) is 11.5 Å². The normalized spacial score (nSPS) is 15.8. The monoisotopic (exact) mass is 451 g/mol. The molecule has 4 rings (SSSR count). The molecule has 1 unspecified atom stereocenters. The van der Waals surface area contributed by atoms with Gasteiger partial charge in [-0.1, -0.05) is 45.8 Å². The zero-order valence-corrected chi connectivity index (χ0v) is 18.2. The number of carbonyl (C=O) groups excluding carboxylic acids is 1. The van der Waals surface area contributed by atoms with Gasteiger partial charge in [0.2, 0.25) is 5.91 Å². The average molecular weight is 452 g/mol. The zero-order valence-electron chi connectivity index (χ0n) is 16.6. The van der Waals surface area contributed by atoms with Crippen molar-refractivity contribution in [1.29, 1.82) is 0 Å². The van der Waals surface area contributed by atoms with Gasteiger partial charge in [-0.2, -0.15) is 0 Å². The molecular formula is C24H22BrNO3. The molecule has 0 N–H and O–H groups in total. The van der Waals surface area contributed by atoms with Gasteiger partial charge in [0.1, 0.15) is 0 Å². The van der Waals surface area contributed by atoms with Crippen molar-refractivity contribution in [3.63, 3.8) is 0 Å². The third kappa shape index (κ3) is 3.62. The van der Waals surface area contributed by atoms with Gasteiger partial charge in [0, 0.05) is 10.2 Å². The summed E-state index contributed by atoms with van der Waals surface area (Å²) in [6.45, 7) is 2.04. The van der Waals surface area contributed by atoms with E-state index in [1.807, 2.05) is 60.4 Å². The lowest BCUT2D eigenvalue weighted by Gasteiger charge is -2.38. The minimum Gasteiger partial charge on any atom is -0.493 e. The Morgan fingerprint density at radius 3 is 2.31 bits per heavy atom. The Labute approximate surface area is 179 Å². The van der Waals surface area contributed by atoms with Crippen molar-refractivity contribution in [1.82, 2.24) is 0 Å². The molecule has 0 spiro atoms. The van der Waals surface area contributed by atoms with Crippen molar-refractivity contribution >= 4 is 27.5 Å². The van der Waals surface area contributed by atoms with Gasteiger partial charge in [-0.15, -0.1) is 0 Å². The predicted molar refractivity (Wildman–Crippen MR) is 118 cm³/mol. The molecule has 1 heterocycles. The lowest BCUT2D eigenvalue weighted by Crippen LogP contribution is -2.41. The number of methoxy groups -OCH3 is 2. The Balaban J connectivity index is 1.95. The van der Waals surface area contributed by atoms with Crippen LogP contribution in [0.2, 0.25) is 0 Å². The zero-order chi connectivity index (χ0) is 20.5. The molecule has 0 saturated heterocycles. The molecule has 5 heteroatoms. The maximum atomic E-state index is 13.3. The maximum Gasteiger partial charge on any atom is 0.232 e. The molecule has 0 bridgehead atoms. The van der Waals surface area contributed by atoms with Crippen LogP contribution in [0, 0.1) is 6.92 Å². The molecule has 0 aliphatic carbocycles. The van der Waals surface area contributed by atoms with Crippen molar-refractivity contribution < 1.29 is 14.3 Å². The lowest BCUT2D eigenvalue weighted by atomic mass is 9.86. The van der Waals surface area contributed by atoms with Crippen molar-refractivity contribution in [2.24, 2.45) is 0 Å². The summed E-state index contributed by atoms with van der Waals surface area (Å²) in [6, 6.07) is 19.8. The smallest absolute Gasteiger partial charge is 0.232 e. The van der Waals surface area contributed by atoms with Crippen LogP contribution in [0.3, 0.4) is 0 Å². The van der Waals surface area contributed by atoms with Gasteiger partial charge in [0.05, 0.1) is 26.7 Å². The van der Waals surface area contributed by atoms with E-state index in [-0.39, 0.29) is 11.9 Å². The molecule has 3 aromatic carbocycles. The molecule has 0 aromatic heterocycles. The highest BCUT2D eigenvalue weighted by Gasteiger charge is 2.36. The number of nitrogens with zero attached hydrogens (tertiary/aromatic N) is 1. The first-order valence-electron chi connectivity index (χ1n) is 9.41. The number of hydrogen-bond donors (Lipinski definition) is 0. The first kappa shape index (κ1) is 19.5. The Kier molecular flexibility index (Phi) is 5.33. The Morgan fingerprint density at radius 2 is 1.66 bits per heavy atom. The summed E-state index contributed by atoms with van der Waals surface area (Å²) < 4.78 is 12.0. The van der Waals surface area contributed by atoms with Crippen LogP contribution in [-0.4, -0.2) is 20.1 Å². The highest BCUT2D eigenvalue weighted by molar-refractivity contribution is 9.10. The summed E-state index contributed by atoms with van der Waals surface area (Å²) in [7, 11) is 3.24. The molecular weight excluding hydrogens is 430 g/mol. The van der Waals surface area contributed by atoms with E-state index in [1.54, 1.807) is 14.2 Å². The van der Waals surface area contributed by atoms with E-state index in [9.17, 15) is 4.79 Å². The second kappa shape index (κ2) is 7.91. The quantitative estimate of drug-likeness (QED) is 0.528. The Hall–Kier alpha value is -2.79. The summed E-state index contributed by atoms with van der Waals surface area (Å²) in [5.74, 6) is 1.35. The highest BCUT2D eigenvalue weighted by Crippen LogP contribution is 2.43. The van der Waals surface area contributed by atoms with Gasteiger partial charge in [0.15, 0.2) is 11.5 Å². The van der Waals surface area contributed by atoms with Crippen LogP contribution >= 0.6 is 15.9 Å². The molecule has 1 aliphatic heterocycles. The van der Waals surface area contributed by atoms with Crippen LogP contribution in [0.5, 0.6) is 11.5 Å². The molecule has 1 atom stereocenters. The minimum absolute atomic E-state index is 0.0542. The third-order valence-corrected chi connectivity index (χ3v) is 5.78. The van der Waals surface area contributed by atoms with Gasteiger partial charge in [-0.25, -0.2) is 0 Å². The predicted octanol–water partition coefficient (Wildman–Crippen LogP) is 5.45. The number of amides is 1. The van der Waals surface area contributed by atoms with Crippen LogP contribution < -0.4 is 14.4 Å². The highest BCUT2D eigenvalue weighted by atomic mass is 79.9. The summed E-state index contributed by atoms with van der Waals surface area (Å²) in [5, 5.41) is 0. The van der Waals surface area contributed by atoms with Gasteiger partial charge >= 0.3 is 0 Å². The number of benzene rings is 3. The van der Waals surface area contributed by atoms with Crippen LogP contribution in [0.4, 0.5) is 5.69 Å². The number of fused-ring (bicyclic) bond motifs is 1. The van der Waals surface area contributed by atoms with E-state index in [0.717, 1.165) is 32.4 Å². The third-order valence-electron chi connectivity index (χ3n) is 5.29. The second-order valence-electron chi connectivity index (χ2n) is 7.14. The Bertz CT molecular complexity index is 1060. The number of halogens is 1. The minimum atomic E-state index is -0.258. The topological polar surface area (TPSA) is 38.8 Å². The molecule has 29 heavy (non-hydrogen) atoms. The first-order chi connectivity index (χ1) is 14.0. The number of hydrogen-bond acceptors (Lipinski definition) is 3. The fourth-order valence-corrected chi connectivity index (χ4v) is 4.30.